The molecular formula is C12H15N5O2S2. The zero-order valence-corrected chi connectivity index (χ0v) is 13.0. The minimum Gasteiger partial charge on any atom is -0.389 e. The summed E-state index contributed by atoms with van der Waals surface area (Å²) in [5.74, 6) is 0.294. The van der Waals surface area contributed by atoms with Crippen molar-refractivity contribution in [2.24, 2.45) is 12.8 Å². The first kappa shape index (κ1) is 15.5. The zero-order valence-electron chi connectivity index (χ0n) is 11.4. The number of hydrogen-bond acceptors (Lipinski definition) is 5. The number of nitrogens with one attached hydrogen (secondary N) is 1. The molecule has 1 heterocycles. The zero-order chi connectivity index (χ0) is 15.5. The van der Waals surface area contributed by atoms with Gasteiger partial charge in [0.15, 0.2) is 5.82 Å². The van der Waals surface area contributed by atoms with Gasteiger partial charge in [0, 0.05) is 12.6 Å². The molecule has 0 fully saturated rings. The maximum atomic E-state index is 12.0. The number of aryl methyl sites for hydroxylation is 1. The summed E-state index contributed by atoms with van der Waals surface area (Å²) in [6.07, 6.45) is 1.51. The third-order valence-electron chi connectivity index (χ3n) is 2.69. The summed E-state index contributed by atoms with van der Waals surface area (Å²) in [6, 6.07) is 6.78. The van der Waals surface area contributed by atoms with Gasteiger partial charge in [-0.15, -0.1) is 0 Å². The molecule has 0 aliphatic heterocycles. The van der Waals surface area contributed by atoms with E-state index in [9.17, 15) is 8.42 Å². The van der Waals surface area contributed by atoms with E-state index in [0.29, 0.717) is 17.0 Å². The Labute approximate surface area is 128 Å². The molecular weight excluding hydrogens is 310 g/mol. The van der Waals surface area contributed by atoms with Gasteiger partial charge in [0.1, 0.15) is 11.3 Å². The molecule has 112 valence electrons. The molecule has 21 heavy (non-hydrogen) atoms. The van der Waals surface area contributed by atoms with Crippen LogP contribution < -0.4 is 10.5 Å². The molecule has 0 radical (unpaired) electrons. The van der Waals surface area contributed by atoms with E-state index in [1.165, 1.54) is 11.0 Å². The van der Waals surface area contributed by atoms with Crippen LogP contribution in [0.1, 0.15) is 17.0 Å². The number of benzene rings is 1. The van der Waals surface area contributed by atoms with Gasteiger partial charge in [-0.3, -0.25) is 4.68 Å². The van der Waals surface area contributed by atoms with E-state index in [0.717, 1.165) is 0 Å². The summed E-state index contributed by atoms with van der Waals surface area (Å²) in [6.45, 7) is 0.0636. The summed E-state index contributed by atoms with van der Waals surface area (Å²) in [7, 11) is -1.74. The van der Waals surface area contributed by atoms with Crippen LogP contribution >= 0.6 is 12.2 Å². The Kier molecular flexibility index (Phi) is 4.66. The average Bonchev–Trinajstić information content (AvgIpc) is 2.83. The van der Waals surface area contributed by atoms with Crippen LogP contribution in [0, 0.1) is 0 Å². The lowest BCUT2D eigenvalue weighted by Crippen LogP contribution is -2.25. The van der Waals surface area contributed by atoms with Gasteiger partial charge in [-0.05, 0) is 5.56 Å². The molecule has 0 spiro atoms. The summed E-state index contributed by atoms with van der Waals surface area (Å²) in [5.41, 5.74) is 6.85. The van der Waals surface area contributed by atoms with Crippen molar-refractivity contribution in [2.75, 3.05) is 0 Å². The average molecular weight is 325 g/mol. The van der Waals surface area contributed by atoms with E-state index in [1.807, 2.05) is 0 Å². The van der Waals surface area contributed by atoms with Gasteiger partial charge in [-0.1, -0.05) is 36.5 Å². The van der Waals surface area contributed by atoms with Gasteiger partial charge in [-0.2, -0.15) is 5.10 Å². The van der Waals surface area contributed by atoms with Crippen molar-refractivity contribution < 1.29 is 8.42 Å². The smallest absolute Gasteiger partial charge is 0.216 e. The number of nitrogens with two attached hydrogens (primary N) is 1. The summed E-state index contributed by atoms with van der Waals surface area (Å²) >= 11 is 4.84. The molecule has 1 aromatic heterocycles. The maximum absolute atomic E-state index is 12.0. The molecule has 0 saturated carbocycles. The summed E-state index contributed by atoms with van der Waals surface area (Å²) < 4.78 is 27.9. The molecule has 3 N–H and O–H groups in total. The summed E-state index contributed by atoms with van der Waals surface area (Å²) in [5, 5.41) is 4.00. The standard InChI is InChI=1S/C12H15N5O2S2/c1-17-8-14-11(16-17)6-15-21(18,19)7-9-2-4-10(5-3-9)12(13)20/h2-5,8,15H,6-7H2,1H3,(H2,13,20). The first-order chi connectivity index (χ1) is 9.85. The second kappa shape index (κ2) is 6.29. The Morgan fingerprint density at radius 1 is 1.38 bits per heavy atom. The highest BCUT2D eigenvalue weighted by atomic mass is 32.2. The molecule has 0 unspecified atom stereocenters. The lowest BCUT2D eigenvalue weighted by Gasteiger charge is -2.06. The Morgan fingerprint density at radius 2 is 2.05 bits per heavy atom. The third kappa shape index (κ3) is 4.59. The number of rotatable bonds is 6. The van der Waals surface area contributed by atoms with E-state index < -0.39 is 10.0 Å². The van der Waals surface area contributed by atoms with E-state index in [-0.39, 0.29) is 17.3 Å². The van der Waals surface area contributed by atoms with Crippen LogP contribution in [0.15, 0.2) is 30.6 Å². The highest BCUT2D eigenvalue weighted by Crippen LogP contribution is 2.08. The predicted octanol–water partition coefficient (Wildman–Crippen LogP) is 0.0689. The molecule has 0 aliphatic rings. The van der Waals surface area contributed by atoms with Crippen LogP contribution in [0.4, 0.5) is 0 Å². The van der Waals surface area contributed by atoms with E-state index in [4.69, 9.17) is 18.0 Å². The number of hydrogen-bond donors (Lipinski definition) is 2. The first-order valence-corrected chi connectivity index (χ1v) is 8.12. The largest absolute Gasteiger partial charge is 0.389 e. The van der Waals surface area contributed by atoms with Gasteiger partial charge >= 0.3 is 0 Å². The van der Waals surface area contributed by atoms with Gasteiger partial charge < -0.3 is 5.73 Å². The molecule has 2 aromatic rings. The molecule has 0 bridgehead atoms. The molecule has 0 aliphatic carbocycles. The Balaban J connectivity index is 1.98. The second-order valence-corrected chi connectivity index (χ2v) is 6.72. The number of nitrogens with zero attached hydrogens (tertiary/aromatic N) is 3. The highest BCUT2D eigenvalue weighted by Gasteiger charge is 2.12. The van der Waals surface area contributed by atoms with Crippen molar-refractivity contribution in [3.63, 3.8) is 0 Å². The van der Waals surface area contributed by atoms with Crippen molar-refractivity contribution in [3.8, 4) is 0 Å². The molecule has 0 amide bonds. The highest BCUT2D eigenvalue weighted by molar-refractivity contribution is 7.88. The number of sulfonamides is 1. The van der Waals surface area contributed by atoms with Gasteiger partial charge in [-0.25, -0.2) is 18.1 Å². The topological polar surface area (TPSA) is 103 Å². The van der Waals surface area contributed by atoms with Crippen molar-refractivity contribution in [1.29, 1.82) is 0 Å². The van der Waals surface area contributed by atoms with E-state index in [2.05, 4.69) is 14.8 Å². The van der Waals surface area contributed by atoms with Gasteiger partial charge in [0.2, 0.25) is 10.0 Å². The van der Waals surface area contributed by atoms with E-state index in [1.54, 1.807) is 31.3 Å². The Bertz CT molecular complexity index is 737. The second-order valence-electron chi connectivity index (χ2n) is 4.48. The minimum atomic E-state index is -3.46. The van der Waals surface area contributed by atoms with Gasteiger partial charge in [0.25, 0.3) is 0 Å². The fraction of sp³-hybridized carbons (Fsp3) is 0.250. The first-order valence-electron chi connectivity index (χ1n) is 6.06. The van der Waals surface area contributed by atoms with Crippen molar-refractivity contribution in [1.82, 2.24) is 19.5 Å². The minimum absolute atomic E-state index is 0.0636. The normalized spacial score (nSPS) is 11.5. The quantitative estimate of drug-likeness (QED) is 0.729. The van der Waals surface area contributed by atoms with E-state index >= 15 is 0 Å². The van der Waals surface area contributed by atoms with Crippen LogP contribution in [0.2, 0.25) is 0 Å². The molecule has 7 nitrogen and oxygen atoms in total. The Hall–Kier alpha value is -1.84. The Morgan fingerprint density at radius 3 is 2.57 bits per heavy atom. The van der Waals surface area contributed by atoms with Crippen molar-refractivity contribution in [2.45, 2.75) is 12.3 Å². The van der Waals surface area contributed by atoms with Crippen LogP contribution in [0.3, 0.4) is 0 Å². The van der Waals surface area contributed by atoms with Gasteiger partial charge in [0.05, 0.1) is 12.3 Å². The van der Waals surface area contributed by atoms with Crippen LogP contribution in [-0.2, 0) is 29.4 Å². The van der Waals surface area contributed by atoms with Crippen molar-refractivity contribution in [3.05, 3.63) is 47.5 Å². The molecule has 0 saturated heterocycles. The monoisotopic (exact) mass is 325 g/mol. The molecule has 1 aromatic carbocycles. The van der Waals surface area contributed by atoms with Crippen LogP contribution in [-0.4, -0.2) is 28.2 Å². The SMILES string of the molecule is Cn1cnc(CNS(=O)(=O)Cc2ccc(C(N)=S)cc2)n1. The third-order valence-corrected chi connectivity index (χ3v) is 4.23. The fourth-order valence-electron chi connectivity index (χ4n) is 1.68. The number of aromatic nitrogens is 3. The predicted molar refractivity (Wildman–Crippen MR) is 82.8 cm³/mol. The maximum Gasteiger partial charge on any atom is 0.216 e. The van der Waals surface area contributed by atoms with Crippen molar-refractivity contribution >= 4 is 27.2 Å². The van der Waals surface area contributed by atoms with Crippen LogP contribution in [0.5, 0.6) is 0 Å². The fourth-order valence-corrected chi connectivity index (χ4v) is 2.89. The molecule has 9 heteroatoms. The van der Waals surface area contributed by atoms with Crippen LogP contribution in [0.25, 0.3) is 0 Å². The molecule has 0 atom stereocenters. The lowest BCUT2D eigenvalue weighted by molar-refractivity contribution is 0.578. The lowest BCUT2D eigenvalue weighted by atomic mass is 10.1. The molecule has 2 rings (SSSR count). The number of thiocarbonyl (C=S) groups is 1. The summed E-state index contributed by atoms with van der Waals surface area (Å²) in [4.78, 5) is 4.23.